The second-order valence-electron chi connectivity index (χ2n) is 4.89. The summed E-state index contributed by atoms with van der Waals surface area (Å²) in [6, 6.07) is 9.06. The molecule has 0 radical (unpaired) electrons. The summed E-state index contributed by atoms with van der Waals surface area (Å²) in [5.74, 6) is -1.06. The molecule has 0 unspecified atom stereocenters. The number of benzene rings is 2. The molecule has 0 aliphatic heterocycles. The molecule has 0 bridgehead atoms. The van der Waals surface area contributed by atoms with E-state index in [1.807, 2.05) is 6.07 Å². The van der Waals surface area contributed by atoms with Crippen molar-refractivity contribution in [1.82, 2.24) is 9.55 Å². The quantitative estimate of drug-likeness (QED) is 0.754. The Labute approximate surface area is 130 Å². The van der Waals surface area contributed by atoms with Crippen molar-refractivity contribution in [3.63, 3.8) is 0 Å². The third-order valence-corrected chi connectivity index (χ3v) is 3.51. The number of nitrogen functional groups attached to an aromatic ring is 1. The van der Waals surface area contributed by atoms with E-state index >= 15 is 0 Å². The molecule has 2 aromatic carbocycles. The lowest BCUT2D eigenvalue weighted by Gasteiger charge is -2.08. The lowest BCUT2D eigenvalue weighted by atomic mass is 10.1. The number of fused-ring (bicyclic) bond motifs is 1. The summed E-state index contributed by atoms with van der Waals surface area (Å²) in [7, 11) is 1.50. The van der Waals surface area contributed by atoms with Crippen LogP contribution in [0.25, 0.3) is 22.4 Å². The van der Waals surface area contributed by atoms with Gasteiger partial charge in [-0.25, -0.2) is 13.8 Å². The third-order valence-electron chi connectivity index (χ3n) is 3.51. The van der Waals surface area contributed by atoms with Crippen LogP contribution in [0, 0.1) is 23.0 Å². The number of nitriles is 1. The van der Waals surface area contributed by atoms with E-state index in [9.17, 15) is 8.78 Å². The van der Waals surface area contributed by atoms with Crippen LogP contribution in [0.3, 0.4) is 0 Å². The molecule has 23 heavy (non-hydrogen) atoms. The molecule has 1 aromatic heterocycles. The second kappa shape index (κ2) is 5.57. The first kappa shape index (κ1) is 14.8. The highest BCUT2D eigenvalue weighted by atomic mass is 19.2. The summed E-state index contributed by atoms with van der Waals surface area (Å²) in [6.45, 7) is -0.0527. The monoisotopic (exact) mass is 314 g/mol. The lowest BCUT2D eigenvalue weighted by molar-refractivity contribution is 0.417. The van der Waals surface area contributed by atoms with Crippen molar-refractivity contribution in [3.05, 3.63) is 42.0 Å². The van der Waals surface area contributed by atoms with Gasteiger partial charge in [-0.3, -0.25) is 0 Å². The summed E-state index contributed by atoms with van der Waals surface area (Å²) < 4.78 is 33.5. The molecular formula is C16H12F2N4O. The number of hydrogen-bond acceptors (Lipinski definition) is 4. The molecule has 0 fully saturated rings. The van der Waals surface area contributed by atoms with E-state index in [2.05, 4.69) is 4.98 Å². The molecule has 0 atom stereocenters. The zero-order chi connectivity index (χ0) is 16.6. The number of hydrogen-bond donors (Lipinski definition) is 1. The smallest absolute Gasteiger partial charge is 0.161 e. The number of anilines is 1. The van der Waals surface area contributed by atoms with E-state index in [0.29, 0.717) is 28.3 Å². The Kier molecular flexibility index (Phi) is 3.58. The van der Waals surface area contributed by atoms with E-state index in [-0.39, 0.29) is 12.1 Å². The van der Waals surface area contributed by atoms with Crippen molar-refractivity contribution in [2.24, 2.45) is 0 Å². The molecule has 0 spiro atoms. The third kappa shape index (κ3) is 2.44. The van der Waals surface area contributed by atoms with Crippen LogP contribution in [0.1, 0.15) is 0 Å². The van der Waals surface area contributed by atoms with Crippen LogP contribution in [0.4, 0.5) is 14.5 Å². The summed E-state index contributed by atoms with van der Waals surface area (Å²) in [6.07, 6.45) is 0. The van der Waals surface area contributed by atoms with E-state index in [1.165, 1.54) is 11.7 Å². The molecule has 0 saturated heterocycles. The highest BCUT2D eigenvalue weighted by molar-refractivity contribution is 5.82. The highest BCUT2D eigenvalue weighted by Crippen LogP contribution is 2.30. The minimum atomic E-state index is -0.989. The van der Waals surface area contributed by atoms with Gasteiger partial charge in [0.15, 0.2) is 11.6 Å². The maximum atomic E-state index is 13.5. The van der Waals surface area contributed by atoms with Crippen molar-refractivity contribution in [3.8, 4) is 23.2 Å². The predicted molar refractivity (Wildman–Crippen MR) is 81.7 cm³/mol. The molecule has 0 saturated carbocycles. The minimum absolute atomic E-state index is 0.0527. The van der Waals surface area contributed by atoms with Gasteiger partial charge in [0.2, 0.25) is 0 Å². The summed E-state index contributed by atoms with van der Waals surface area (Å²) in [5, 5.41) is 9.02. The number of methoxy groups -OCH3 is 1. The predicted octanol–water partition coefficient (Wildman–Crippen LogP) is 3.10. The summed E-state index contributed by atoms with van der Waals surface area (Å²) in [4.78, 5) is 4.31. The highest BCUT2D eigenvalue weighted by Gasteiger charge is 2.16. The Morgan fingerprint density at radius 1 is 1.26 bits per heavy atom. The molecule has 5 nitrogen and oxygen atoms in total. The van der Waals surface area contributed by atoms with Gasteiger partial charge in [0.1, 0.15) is 18.1 Å². The molecular weight excluding hydrogens is 302 g/mol. The fourth-order valence-electron chi connectivity index (χ4n) is 2.44. The normalized spacial score (nSPS) is 10.7. The molecule has 1 heterocycles. The average Bonchev–Trinajstić information content (AvgIpc) is 2.86. The van der Waals surface area contributed by atoms with E-state index in [0.717, 1.165) is 12.1 Å². The lowest BCUT2D eigenvalue weighted by Crippen LogP contribution is -2.00. The number of ether oxygens (including phenoxy) is 1. The number of imidazole rings is 1. The first-order valence-electron chi connectivity index (χ1n) is 6.71. The number of nitrogens with zero attached hydrogens (tertiary/aromatic N) is 3. The maximum Gasteiger partial charge on any atom is 0.161 e. The van der Waals surface area contributed by atoms with Gasteiger partial charge < -0.3 is 15.0 Å². The largest absolute Gasteiger partial charge is 0.495 e. The summed E-state index contributed by atoms with van der Waals surface area (Å²) in [5.41, 5.74) is 7.52. The van der Waals surface area contributed by atoms with Crippen LogP contribution in [-0.2, 0) is 6.54 Å². The van der Waals surface area contributed by atoms with Crippen molar-refractivity contribution >= 4 is 16.7 Å². The van der Waals surface area contributed by atoms with Crippen LogP contribution >= 0.6 is 0 Å². The molecule has 2 N–H and O–H groups in total. The zero-order valence-corrected chi connectivity index (χ0v) is 12.2. The SMILES string of the molecule is COc1ccc(-c2nc3cc(F)c(F)cc3n2CC#N)cc1N. The molecule has 7 heteroatoms. The first-order valence-corrected chi connectivity index (χ1v) is 6.71. The molecule has 116 valence electrons. The Morgan fingerprint density at radius 3 is 2.65 bits per heavy atom. The van der Waals surface area contributed by atoms with Crippen LogP contribution in [-0.4, -0.2) is 16.7 Å². The van der Waals surface area contributed by atoms with Crippen LogP contribution in [0.15, 0.2) is 30.3 Å². The van der Waals surface area contributed by atoms with Crippen LogP contribution in [0.5, 0.6) is 5.75 Å². The Morgan fingerprint density at radius 2 is 2.00 bits per heavy atom. The van der Waals surface area contributed by atoms with Crippen LogP contribution < -0.4 is 10.5 Å². The standard InChI is InChI=1S/C16H12F2N4O/c1-23-15-3-2-9(6-12(15)20)16-21-13-7-10(17)11(18)8-14(13)22(16)5-4-19/h2-3,6-8H,5,20H2,1H3. The fourth-order valence-corrected chi connectivity index (χ4v) is 2.44. The van der Waals surface area contributed by atoms with Gasteiger partial charge in [-0.1, -0.05) is 0 Å². The number of nitrogens with two attached hydrogens (primary N) is 1. The minimum Gasteiger partial charge on any atom is -0.495 e. The van der Waals surface area contributed by atoms with E-state index < -0.39 is 11.6 Å². The van der Waals surface area contributed by atoms with Crippen molar-refractivity contribution in [1.29, 1.82) is 5.26 Å². The number of aromatic nitrogens is 2. The molecule has 0 aliphatic carbocycles. The fraction of sp³-hybridized carbons (Fsp3) is 0.125. The molecule has 3 rings (SSSR count). The zero-order valence-electron chi connectivity index (χ0n) is 12.2. The Balaban J connectivity index is 2.26. The molecule has 0 amide bonds. The number of rotatable bonds is 3. The molecule has 0 aliphatic rings. The van der Waals surface area contributed by atoms with Crippen molar-refractivity contribution in [2.45, 2.75) is 6.54 Å². The summed E-state index contributed by atoms with van der Waals surface area (Å²) >= 11 is 0. The molecule has 3 aromatic rings. The van der Waals surface area contributed by atoms with Gasteiger partial charge in [0.05, 0.1) is 29.9 Å². The van der Waals surface area contributed by atoms with Gasteiger partial charge in [-0.15, -0.1) is 0 Å². The first-order chi connectivity index (χ1) is 11.0. The van der Waals surface area contributed by atoms with Gasteiger partial charge in [0.25, 0.3) is 0 Å². The van der Waals surface area contributed by atoms with Crippen molar-refractivity contribution in [2.75, 3.05) is 12.8 Å². The average molecular weight is 314 g/mol. The van der Waals surface area contributed by atoms with Crippen LogP contribution in [0.2, 0.25) is 0 Å². The van der Waals surface area contributed by atoms with E-state index in [4.69, 9.17) is 15.7 Å². The van der Waals surface area contributed by atoms with Crippen molar-refractivity contribution < 1.29 is 13.5 Å². The van der Waals surface area contributed by atoms with Gasteiger partial charge in [-0.05, 0) is 18.2 Å². The number of halogens is 2. The van der Waals surface area contributed by atoms with Gasteiger partial charge in [0, 0.05) is 17.7 Å². The van der Waals surface area contributed by atoms with E-state index in [1.54, 1.807) is 18.2 Å². The topological polar surface area (TPSA) is 76.9 Å². The maximum absolute atomic E-state index is 13.5. The van der Waals surface area contributed by atoms with Gasteiger partial charge >= 0.3 is 0 Å². The Bertz CT molecular complexity index is 943. The Hall–Kier alpha value is -3.14. The van der Waals surface area contributed by atoms with Gasteiger partial charge in [-0.2, -0.15) is 5.26 Å². The second-order valence-corrected chi connectivity index (χ2v) is 4.89.